The van der Waals surface area contributed by atoms with Gasteiger partial charge in [0, 0.05) is 0 Å². The summed E-state index contributed by atoms with van der Waals surface area (Å²) in [5.74, 6) is 1.55. The first-order valence-corrected chi connectivity index (χ1v) is 6.15. The lowest BCUT2D eigenvalue weighted by atomic mass is 10.2. The van der Waals surface area contributed by atoms with Gasteiger partial charge in [0.1, 0.15) is 5.75 Å². The topological polar surface area (TPSA) is 44.8 Å². The van der Waals surface area contributed by atoms with E-state index in [-0.39, 0.29) is 5.97 Å². The maximum Gasteiger partial charge on any atom is 0.337 e. The highest BCUT2D eigenvalue weighted by atomic mass is 16.5. The highest BCUT2D eigenvalue weighted by Crippen LogP contribution is 2.32. The van der Waals surface area contributed by atoms with Crippen LogP contribution in [0.25, 0.3) is 0 Å². The number of rotatable bonds is 4. The van der Waals surface area contributed by atoms with Gasteiger partial charge >= 0.3 is 5.97 Å². The van der Waals surface area contributed by atoms with Crippen LogP contribution in [0.15, 0.2) is 42.5 Å². The van der Waals surface area contributed by atoms with Crippen LogP contribution < -0.4 is 9.47 Å². The third kappa shape index (κ3) is 3.09. The van der Waals surface area contributed by atoms with E-state index in [1.54, 1.807) is 31.4 Å². The molecule has 0 unspecified atom stereocenters. The maximum absolute atomic E-state index is 11.3. The number of aryl methyl sites for hydroxylation is 1. The smallest absolute Gasteiger partial charge is 0.337 e. The molecule has 2 aromatic carbocycles. The Morgan fingerprint density at radius 1 is 0.950 bits per heavy atom. The van der Waals surface area contributed by atoms with Gasteiger partial charge in [0.2, 0.25) is 0 Å². The van der Waals surface area contributed by atoms with Crippen LogP contribution in [0.4, 0.5) is 0 Å². The summed E-state index contributed by atoms with van der Waals surface area (Å²) >= 11 is 0. The average Bonchev–Trinajstić information content (AvgIpc) is 2.49. The van der Waals surface area contributed by atoms with E-state index >= 15 is 0 Å². The lowest BCUT2D eigenvalue weighted by Crippen LogP contribution is -2.00. The van der Waals surface area contributed by atoms with Crippen molar-refractivity contribution in [2.45, 2.75) is 6.92 Å². The number of carbonyl (C=O) groups excluding carboxylic acids is 1. The number of hydrogen-bond donors (Lipinski definition) is 0. The summed E-state index contributed by atoms with van der Waals surface area (Å²) in [5, 5.41) is 0. The summed E-state index contributed by atoms with van der Waals surface area (Å²) in [6.07, 6.45) is 0. The molecule has 104 valence electrons. The second-order valence-corrected chi connectivity index (χ2v) is 4.27. The van der Waals surface area contributed by atoms with Crippen LogP contribution in [0.5, 0.6) is 17.2 Å². The van der Waals surface area contributed by atoms with E-state index in [2.05, 4.69) is 4.74 Å². The fourth-order valence-corrected chi connectivity index (χ4v) is 1.76. The van der Waals surface area contributed by atoms with Gasteiger partial charge in [-0.1, -0.05) is 6.07 Å². The Bertz CT molecular complexity index is 602. The molecule has 0 fully saturated rings. The van der Waals surface area contributed by atoms with Crippen molar-refractivity contribution in [1.82, 2.24) is 0 Å². The quantitative estimate of drug-likeness (QED) is 0.798. The fourth-order valence-electron chi connectivity index (χ4n) is 1.76. The predicted octanol–water partition coefficient (Wildman–Crippen LogP) is 3.58. The molecule has 0 saturated heterocycles. The summed E-state index contributed by atoms with van der Waals surface area (Å²) < 4.78 is 15.7. The van der Waals surface area contributed by atoms with Gasteiger partial charge in [-0.15, -0.1) is 0 Å². The minimum absolute atomic E-state index is 0.371. The molecule has 0 aliphatic carbocycles. The molecule has 0 bridgehead atoms. The predicted molar refractivity (Wildman–Crippen MR) is 75.6 cm³/mol. The first-order chi connectivity index (χ1) is 9.63. The van der Waals surface area contributed by atoms with Crippen LogP contribution in [0.3, 0.4) is 0 Å². The van der Waals surface area contributed by atoms with E-state index in [4.69, 9.17) is 9.47 Å². The van der Waals surface area contributed by atoms with Crippen molar-refractivity contribution in [3.63, 3.8) is 0 Å². The van der Waals surface area contributed by atoms with Crippen molar-refractivity contribution in [2.75, 3.05) is 14.2 Å². The Balaban J connectivity index is 2.20. The zero-order valence-corrected chi connectivity index (χ0v) is 11.7. The highest BCUT2D eigenvalue weighted by Gasteiger charge is 2.08. The van der Waals surface area contributed by atoms with E-state index < -0.39 is 0 Å². The molecule has 2 aromatic rings. The molecule has 0 amide bonds. The normalized spacial score (nSPS) is 9.95. The zero-order chi connectivity index (χ0) is 14.5. The highest BCUT2D eigenvalue weighted by molar-refractivity contribution is 5.89. The van der Waals surface area contributed by atoms with Crippen LogP contribution in [-0.4, -0.2) is 20.2 Å². The number of benzene rings is 2. The molecule has 0 spiro atoms. The molecule has 4 nitrogen and oxygen atoms in total. The van der Waals surface area contributed by atoms with Gasteiger partial charge in [-0.25, -0.2) is 4.79 Å². The Morgan fingerprint density at radius 3 is 2.25 bits per heavy atom. The Labute approximate surface area is 117 Å². The van der Waals surface area contributed by atoms with Crippen LogP contribution in [-0.2, 0) is 4.74 Å². The van der Waals surface area contributed by atoms with E-state index in [1.165, 1.54) is 7.11 Å². The summed E-state index contributed by atoms with van der Waals surface area (Å²) in [6.45, 7) is 1.98. The van der Waals surface area contributed by atoms with Crippen molar-refractivity contribution in [1.29, 1.82) is 0 Å². The van der Waals surface area contributed by atoms with E-state index in [0.717, 1.165) is 5.56 Å². The Morgan fingerprint density at radius 2 is 1.65 bits per heavy atom. The fraction of sp³-hybridized carbons (Fsp3) is 0.188. The van der Waals surface area contributed by atoms with Gasteiger partial charge < -0.3 is 14.2 Å². The summed E-state index contributed by atoms with van der Waals surface area (Å²) in [5.41, 5.74) is 1.57. The van der Waals surface area contributed by atoms with Crippen LogP contribution in [0.1, 0.15) is 15.9 Å². The SMILES string of the molecule is COC(=O)c1ccc(Oc2ccc(C)cc2OC)cc1. The first-order valence-electron chi connectivity index (χ1n) is 6.15. The van der Waals surface area contributed by atoms with Crippen LogP contribution in [0, 0.1) is 6.92 Å². The lowest BCUT2D eigenvalue weighted by molar-refractivity contribution is 0.0600. The zero-order valence-electron chi connectivity index (χ0n) is 11.7. The molecular formula is C16H16O4. The van der Waals surface area contributed by atoms with E-state index in [9.17, 15) is 4.79 Å². The van der Waals surface area contributed by atoms with Crippen molar-refractivity contribution in [3.05, 3.63) is 53.6 Å². The van der Waals surface area contributed by atoms with Gasteiger partial charge in [0.05, 0.1) is 19.8 Å². The Hall–Kier alpha value is -2.49. The molecule has 2 rings (SSSR count). The third-order valence-electron chi connectivity index (χ3n) is 2.82. The second kappa shape index (κ2) is 6.10. The van der Waals surface area contributed by atoms with Gasteiger partial charge in [0.25, 0.3) is 0 Å². The number of esters is 1. The standard InChI is InChI=1S/C16H16O4/c1-11-4-9-14(15(10-11)18-2)20-13-7-5-12(6-8-13)16(17)19-3/h4-10H,1-3H3. The van der Waals surface area contributed by atoms with Crippen LogP contribution in [0.2, 0.25) is 0 Å². The third-order valence-corrected chi connectivity index (χ3v) is 2.82. The molecule has 0 N–H and O–H groups in total. The maximum atomic E-state index is 11.3. The van der Waals surface area contributed by atoms with Crippen molar-refractivity contribution in [2.24, 2.45) is 0 Å². The minimum Gasteiger partial charge on any atom is -0.493 e. The average molecular weight is 272 g/mol. The minimum atomic E-state index is -0.371. The summed E-state index contributed by atoms with van der Waals surface area (Å²) in [7, 11) is 2.95. The van der Waals surface area contributed by atoms with Gasteiger partial charge in [-0.3, -0.25) is 0 Å². The van der Waals surface area contributed by atoms with E-state index in [1.807, 2.05) is 25.1 Å². The van der Waals surface area contributed by atoms with Crippen molar-refractivity contribution in [3.8, 4) is 17.2 Å². The van der Waals surface area contributed by atoms with E-state index in [0.29, 0.717) is 22.8 Å². The van der Waals surface area contributed by atoms with Crippen molar-refractivity contribution >= 4 is 5.97 Å². The monoisotopic (exact) mass is 272 g/mol. The van der Waals surface area contributed by atoms with Crippen molar-refractivity contribution < 1.29 is 19.0 Å². The number of ether oxygens (including phenoxy) is 3. The Kier molecular flexibility index (Phi) is 4.25. The first kappa shape index (κ1) is 13.9. The lowest BCUT2D eigenvalue weighted by Gasteiger charge is -2.11. The van der Waals surface area contributed by atoms with Gasteiger partial charge in [-0.05, 0) is 48.9 Å². The largest absolute Gasteiger partial charge is 0.493 e. The molecule has 0 aromatic heterocycles. The van der Waals surface area contributed by atoms with Gasteiger partial charge in [-0.2, -0.15) is 0 Å². The molecule has 0 aliphatic rings. The number of methoxy groups -OCH3 is 2. The molecule has 0 aliphatic heterocycles. The second-order valence-electron chi connectivity index (χ2n) is 4.27. The molecule has 0 saturated carbocycles. The number of carbonyl (C=O) groups is 1. The van der Waals surface area contributed by atoms with Gasteiger partial charge in [0.15, 0.2) is 11.5 Å². The summed E-state index contributed by atoms with van der Waals surface area (Å²) in [4.78, 5) is 11.3. The molecule has 0 radical (unpaired) electrons. The molecule has 0 heterocycles. The molecule has 4 heteroatoms. The molecular weight excluding hydrogens is 256 g/mol. The molecule has 0 atom stereocenters. The molecule has 20 heavy (non-hydrogen) atoms. The van der Waals surface area contributed by atoms with Crippen LogP contribution >= 0.6 is 0 Å². The summed E-state index contributed by atoms with van der Waals surface area (Å²) in [6, 6.07) is 12.4. The number of hydrogen-bond acceptors (Lipinski definition) is 4.